The first-order valence-electron chi connectivity index (χ1n) is 7.09. The van der Waals surface area contributed by atoms with E-state index in [1.807, 2.05) is 4.90 Å². The van der Waals surface area contributed by atoms with Crippen molar-refractivity contribution in [3.8, 4) is 0 Å². The van der Waals surface area contributed by atoms with Crippen molar-refractivity contribution in [3.63, 3.8) is 0 Å². The minimum atomic E-state index is -0.627. The molecule has 0 bridgehead atoms. The SMILES string of the molecule is CCCCN(CCCC)C(=S)Nc1ccc(F)cc1F. The average Bonchev–Trinajstić information content (AvgIpc) is 2.42. The molecule has 0 aliphatic rings. The van der Waals surface area contributed by atoms with Gasteiger partial charge < -0.3 is 10.2 Å². The van der Waals surface area contributed by atoms with Crippen LogP contribution in [0.3, 0.4) is 0 Å². The molecule has 1 N–H and O–H groups in total. The first-order chi connectivity index (χ1) is 9.58. The minimum absolute atomic E-state index is 0.217. The molecule has 5 heteroatoms. The molecule has 0 radical (unpaired) electrons. The third kappa shape index (κ3) is 5.41. The lowest BCUT2D eigenvalue weighted by atomic mass is 10.2. The van der Waals surface area contributed by atoms with Crippen LogP contribution < -0.4 is 5.32 Å². The number of rotatable bonds is 7. The van der Waals surface area contributed by atoms with E-state index in [-0.39, 0.29) is 5.69 Å². The molecule has 0 aliphatic heterocycles. The van der Waals surface area contributed by atoms with E-state index >= 15 is 0 Å². The second kappa shape index (κ2) is 8.84. The van der Waals surface area contributed by atoms with E-state index < -0.39 is 11.6 Å². The molecule has 1 aromatic carbocycles. The van der Waals surface area contributed by atoms with Crippen molar-refractivity contribution in [2.75, 3.05) is 18.4 Å². The van der Waals surface area contributed by atoms with Gasteiger partial charge in [0.25, 0.3) is 0 Å². The highest BCUT2D eigenvalue weighted by Crippen LogP contribution is 2.16. The zero-order valence-electron chi connectivity index (χ0n) is 12.1. The normalized spacial score (nSPS) is 10.4. The number of benzene rings is 1. The number of hydrogen-bond acceptors (Lipinski definition) is 1. The average molecular weight is 300 g/mol. The Balaban J connectivity index is 2.68. The second-order valence-electron chi connectivity index (χ2n) is 4.75. The van der Waals surface area contributed by atoms with E-state index in [4.69, 9.17) is 12.2 Å². The first kappa shape index (κ1) is 16.8. The summed E-state index contributed by atoms with van der Waals surface area (Å²) in [6.45, 7) is 5.94. The standard InChI is InChI=1S/C15H22F2N2S/c1-3-5-9-19(10-6-4-2)15(20)18-14-8-7-12(16)11-13(14)17/h7-8,11H,3-6,9-10H2,1-2H3,(H,18,20). The van der Waals surface area contributed by atoms with Crippen LogP contribution in [0.25, 0.3) is 0 Å². The van der Waals surface area contributed by atoms with Crippen molar-refractivity contribution < 1.29 is 8.78 Å². The number of anilines is 1. The molecule has 0 aliphatic carbocycles. The maximum Gasteiger partial charge on any atom is 0.173 e. The molecule has 2 nitrogen and oxygen atoms in total. The second-order valence-corrected chi connectivity index (χ2v) is 5.14. The van der Waals surface area contributed by atoms with E-state index in [0.29, 0.717) is 5.11 Å². The summed E-state index contributed by atoms with van der Waals surface area (Å²) >= 11 is 5.33. The van der Waals surface area contributed by atoms with Crippen molar-refractivity contribution in [2.45, 2.75) is 39.5 Å². The third-order valence-electron chi connectivity index (χ3n) is 3.02. The molecule has 0 aromatic heterocycles. The molecule has 1 aromatic rings. The topological polar surface area (TPSA) is 15.3 Å². The molecule has 0 spiro atoms. The number of thiocarbonyl (C=S) groups is 1. The number of halogens is 2. The van der Waals surface area contributed by atoms with E-state index in [0.717, 1.165) is 44.8 Å². The van der Waals surface area contributed by atoms with E-state index in [9.17, 15) is 8.78 Å². The Morgan fingerprint density at radius 3 is 2.25 bits per heavy atom. The van der Waals surface area contributed by atoms with Crippen LogP contribution in [0.2, 0.25) is 0 Å². The minimum Gasteiger partial charge on any atom is -0.349 e. The number of nitrogens with zero attached hydrogens (tertiary/aromatic N) is 1. The zero-order valence-corrected chi connectivity index (χ0v) is 12.9. The molecule has 0 fully saturated rings. The number of nitrogens with one attached hydrogen (secondary N) is 1. The van der Waals surface area contributed by atoms with Gasteiger partial charge in [0.1, 0.15) is 11.6 Å². The predicted octanol–water partition coefficient (Wildman–Crippen LogP) is 4.56. The van der Waals surface area contributed by atoms with Gasteiger partial charge in [-0.3, -0.25) is 0 Å². The Bertz CT molecular complexity index is 430. The summed E-state index contributed by atoms with van der Waals surface area (Å²) in [5.74, 6) is -1.22. The van der Waals surface area contributed by atoms with Crippen molar-refractivity contribution >= 4 is 23.0 Å². The fourth-order valence-electron chi connectivity index (χ4n) is 1.80. The molecule has 20 heavy (non-hydrogen) atoms. The fraction of sp³-hybridized carbons (Fsp3) is 0.533. The van der Waals surface area contributed by atoms with Gasteiger partial charge in [-0.25, -0.2) is 8.78 Å². The van der Waals surface area contributed by atoms with Crippen molar-refractivity contribution in [1.29, 1.82) is 0 Å². The van der Waals surface area contributed by atoms with Gasteiger partial charge in [0, 0.05) is 19.2 Å². The molecule has 0 heterocycles. The molecule has 0 unspecified atom stereocenters. The molecule has 0 saturated heterocycles. The number of unbranched alkanes of at least 4 members (excludes halogenated alkanes) is 2. The van der Waals surface area contributed by atoms with Gasteiger partial charge in [-0.15, -0.1) is 0 Å². The highest BCUT2D eigenvalue weighted by molar-refractivity contribution is 7.80. The molecule has 0 amide bonds. The fourth-order valence-corrected chi connectivity index (χ4v) is 2.09. The Morgan fingerprint density at radius 1 is 1.15 bits per heavy atom. The predicted molar refractivity (Wildman–Crippen MR) is 84.0 cm³/mol. The Labute approximate surface area is 125 Å². The van der Waals surface area contributed by atoms with Gasteiger partial charge in [0.2, 0.25) is 0 Å². The largest absolute Gasteiger partial charge is 0.349 e. The summed E-state index contributed by atoms with van der Waals surface area (Å²) in [6.07, 6.45) is 4.24. The maximum absolute atomic E-state index is 13.6. The van der Waals surface area contributed by atoms with Gasteiger partial charge in [-0.05, 0) is 37.2 Å². The molecule has 1 rings (SSSR count). The van der Waals surface area contributed by atoms with Crippen LogP contribution in [-0.2, 0) is 0 Å². The molecule has 112 valence electrons. The Morgan fingerprint density at radius 2 is 1.75 bits per heavy atom. The lowest BCUT2D eigenvalue weighted by molar-refractivity contribution is 0.403. The molecular weight excluding hydrogens is 278 g/mol. The van der Waals surface area contributed by atoms with Crippen LogP contribution in [0.15, 0.2) is 18.2 Å². The van der Waals surface area contributed by atoms with Gasteiger partial charge in [-0.2, -0.15) is 0 Å². The molecule has 0 atom stereocenters. The highest BCUT2D eigenvalue weighted by Gasteiger charge is 2.11. The maximum atomic E-state index is 13.6. The van der Waals surface area contributed by atoms with Crippen molar-refractivity contribution in [2.24, 2.45) is 0 Å². The summed E-state index contributed by atoms with van der Waals surface area (Å²) in [5, 5.41) is 3.37. The third-order valence-corrected chi connectivity index (χ3v) is 3.38. The summed E-state index contributed by atoms with van der Waals surface area (Å²) in [6, 6.07) is 3.44. The van der Waals surface area contributed by atoms with Crippen molar-refractivity contribution in [3.05, 3.63) is 29.8 Å². The molecular formula is C15H22F2N2S. The van der Waals surface area contributed by atoms with Crippen LogP contribution in [0.1, 0.15) is 39.5 Å². The summed E-state index contributed by atoms with van der Waals surface area (Å²) in [5.41, 5.74) is 0.217. The zero-order chi connectivity index (χ0) is 15.0. The number of hydrogen-bond donors (Lipinski definition) is 1. The first-order valence-corrected chi connectivity index (χ1v) is 7.50. The molecule has 0 saturated carbocycles. The van der Waals surface area contributed by atoms with Gasteiger partial charge in [0.05, 0.1) is 5.69 Å². The Hall–Kier alpha value is -1.23. The summed E-state index contributed by atoms with van der Waals surface area (Å²) in [4.78, 5) is 2.05. The Kier molecular flexibility index (Phi) is 7.44. The van der Waals surface area contributed by atoms with Gasteiger partial charge >= 0.3 is 0 Å². The van der Waals surface area contributed by atoms with Crippen molar-refractivity contribution in [1.82, 2.24) is 4.90 Å². The van der Waals surface area contributed by atoms with Crippen LogP contribution in [0.4, 0.5) is 14.5 Å². The van der Waals surface area contributed by atoms with Gasteiger partial charge in [0.15, 0.2) is 5.11 Å². The smallest absolute Gasteiger partial charge is 0.173 e. The lowest BCUT2D eigenvalue weighted by Gasteiger charge is -2.25. The van der Waals surface area contributed by atoms with E-state index in [2.05, 4.69) is 19.2 Å². The monoisotopic (exact) mass is 300 g/mol. The van der Waals surface area contributed by atoms with Crippen LogP contribution >= 0.6 is 12.2 Å². The van der Waals surface area contributed by atoms with Crippen LogP contribution in [0, 0.1) is 11.6 Å². The van der Waals surface area contributed by atoms with E-state index in [1.54, 1.807) is 0 Å². The highest BCUT2D eigenvalue weighted by atomic mass is 32.1. The van der Waals surface area contributed by atoms with Crippen LogP contribution in [0.5, 0.6) is 0 Å². The van der Waals surface area contributed by atoms with Gasteiger partial charge in [-0.1, -0.05) is 26.7 Å². The van der Waals surface area contributed by atoms with E-state index in [1.165, 1.54) is 12.1 Å². The van der Waals surface area contributed by atoms with Crippen LogP contribution in [-0.4, -0.2) is 23.1 Å². The lowest BCUT2D eigenvalue weighted by Crippen LogP contribution is -2.36. The summed E-state index contributed by atoms with van der Waals surface area (Å²) in [7, 11) is 0. The summed E-state index contributed by atoms with van der Waals surface area (Å²) < 4.78 is 26.5. The quantitative estimate of drug-likeness (QED) is 0.743.